The zero-order valence-electron chi connectivity index (χ0n) is 10.9. The van der Waals surface area contributed by atoms with Crippen LogP contribution in [0.3, 0.4) is 0 Å². The van der Waals surface area contributed by atoms with E-state index in [0.29, 0.717) is 11.3 Å². The van der Waals surface area contributed by atoms with Gasteiger partial charge in [-0.15, -0.1) is 11.3 Å². The minimum atomic E-state index is -0.981. The van der Waals surface area contributed by atoms with E-state index in [0.717, 1.165) is 10.2 Å². The molecule has 21 heavy (non-hydrogen) atoms. The van der Waals surface area contributed by atoms with Crippen LogP contribution >= 0.6 is 11.3 Å². The second-order valence-corrected chi connectivity index (χ2v) is 5.52. The van der Waals surface area contributed by atoms with Crippen molar-refractivity contribution in [3.63, 3.8) is 0 Å². The van der Waals surface area contributed by atoms with Crippen LogP contribution in [-0.4, -0.2) is 21.0 Å². The van der Waals surface area contributed by atoms with Gasteiger partial charge in [0.25, 0.3) is 0 Å². The SMILES string of the molecule is O=C(O)C(Cc1cccc(F)c1)c1ncnc2sccc12. The molecule has 0 bridgehead atoms. The molecule has 6 heteroatoms. The normalized spacial score (nSPS) is 12.4. The van der Waals surface area contributed by atoms with E-state index >= 15 is 0 Å². The van der Waals surface area contributed by atoms with Crippen molar-refractivity contribution in [1.82, 2.24) is 9.97 Å². The first-order valence-corrected chi connectivity index (χ1v) is 7.18. The number of carboxylic acid groups (broad SMARTS) is 1. The van der Waals surface area contributed by atoms with Crippen LogP contribution in [0.1, 0.15) is 17.2 Å². The van der Waals surface area contributed by atoms with Crippen molar-refractivity contribution in [1.29, 1.82) is 0 Å². The van der Waals surface area contributed by atoms with E-state index in [1.165, 1.54) is 29.8 Å². The molecule has 1 atom stereocenters. The second-order valence-electron chi connectivity index (χ2n) is 4.62. The molecule has 1 N–H and O–H groups in total. The first kappa shape index (κ1) is 13.6. The number of carbonyl (C=O) groups is 1. The lowest BCUT2D eigenvalue weighted by Gasteiger charge is -2.12. The van der Waals surface area contributed by atoms with Gasteiger partial charge in [-0.1, -0.05) is 12.1 Å². The van der Waals surface area contributed by atoms with Gasteiger partial charge in [-0.3, -0.25) is 4.79 Å². The van der Waals surface area contributed by atoms with Crippen molar-refractivity contribution in [3.05, 3.63) is 59.1 Å². The molecule has 2 heterocycles. The number of halogens is 1. The Labute approximate surface area is 123 Å². The van der Waals surface area contributed by atoms with Crippen LogP contribution in [0.2, 0.25) is 0 Å². The third kappa shape index (κ3) is 2.75. The summed E-state index contributed by atoms with van der Waals surface area (Å²) in [5.74, 6) is -2.18. The van der Waals surface area contributed by atoms with Crippen LogP contribution < -0.4 is 0 Å². The number of benzene rings is 1. The zero-order valence-corrected chi connectivity index (χ0v) is 11.7. The molecule has 3 aromatic rings. The largest absolute Gasteiger partial charge is 0.481 e. The number of hydrogen-bond acceptors (Lipinski definition) is 4. The first-order chi connectivity index (χ1) is 10.1. The van der Waals surface area contributed by atoms with Crippen molar-refractivity contribution < 1.29 is 14.3 Å². The standard InChI is InChI=1S/C15H11FN2O2S/c16-10-3-1-2-9(6-10)7-12(15(19)20)13-11-4-5-21-14(11)18-8-17-13/h1-6,8,12H,7H2,(H,19,20). The Kier molecular flexibility index (Phi) is 3.62. The van der Waals surface area contributed by atoms with Crippen molar-refractivity contribution in [2.75, 3.05) is 0 Å². The van der Waals surface area contributed by atoms with E-state index in [1.807, 2.05) is 11.4 Å². The fourth-order valence-corrected chi connectivity index (χ4v) is 3.03. The molecular formula is C15H11FN2O2S. The number of aromatic nitrogens is 2. The van der Waals surface area contributed by atoms with E-state index in [1.54, 1.807) is 12.1 Å². The number of nitrogens with zero attached hydrogens (tertiary/aromatic N) is 2. The summed E-state index contributed by atoms with van der Waals surface area (Å²) in [6.45, 7) is 0. The van der Waals surface area contributed by atoms with Gasteiger partial charge >= 0.3 is 5.97 Å². The van der Waals surface area contributed by atoms with Gasteiger partial charge < -0.3 is 5.11 Å². The van der Waals surface area contributed by atoms with E-state index in [2.05, 4.69) is 9.97 Å². The van der Waals surface area contributed by atoms with Gasteiger partial charge in [0.05, 0.1) is 5.69 Å². The summed E-state index contributed by atoms with van der Waals surface area (Å²) in [6, 6.07) is 7.79. The molecule has 106 valence electrons. The third-order valence-electron chi connectivity index (χ3n) is 3.25. The molecule has 4 nitrogen and oxygen atoms in total. The van der Waals surface area contributed by atoms with E-state index in [4.69, 9.17) is 0 Å². The molecule has 0 saturated carbocycles. The molecule has 0 saturated heterocycles. The first-order valence-electron chi connectivity index (χ1n) is 6.30. The number of aliphatic carboxylic acids is 1. The van der Waals surface area contributed by atoms with Crippen LogP contribution in [0.4, 0.5) is 4.39 Å². The number of thiophene rings is 1. The molecule has 0 fully saturated rings. The van der Waals surface area contributed by atoms with E-state index < -0.39 is 11.9 Å². The molecule has 1 unspecified atom stereocenters. The molecule has 2 aromatic heterocycles. The molecule has 0 radical (unpaired) electrons. The predicted octanol–water partition coefficient (Wildman–Crippen LogP) is 3.24. The molecule has 3 rings (SSSR count). The van der Waals surface area contributed by atoms with Crippen molar-refractivity contribution in [3.8, 4) is 0 Å². The second kappa shape index (κ2) is 5.57. The highest BCUT2D eigenvalue weighted by atomic mass is 32.1. The molecular weight excluding hydrogens is 291 g/mol. The number of rotatable bonds is 4. The van der Waals surface area contributed by atoms with Crippen molar-refractivity contribution in [2.45, 2.75) is 12.3 Å². The summed E-state index contributed by atoms with van der Waals surface area (Å²) >= 11 is 1.44. The fourth-order valence-electron chi connectivity index (χ4n) is 2.29. The van der Waals surface area contributed by atoms with Gasteiger partial charge in [-0.05, 0) is 35.6 Å². The Hall–Kier alpha value is -2.34. The minimum absolute atomic E-state index is 0.190. The minimum Gasteiger partial charge on any atom is -0.481 e. The quantitative estimate of drug-likeness (QED) is 0.803. The van der Waals surface area contributed by atoms with Crippen LogP contribution in [0, 0.1) is 5.82 Å². The van der Waals surface area contributed by atoms with E-state index in [9.17, 15) is 14.3 Å². The van der Waals surface area contributed by atoms with Crippen LogP contribution in [-0.2, 0) is 11.2 Å². The summed E-state index contributed by atoms with van der Waals surface area (Å²) in [6.07, 6.45) is 1.56. The van der Waals surface area contributed by atoms with Crippen LogP contribution in [0.15, 0.2) is 42.0 Å². The topological polar surface area (TPSA) is 63.1 Å². The predicted molar refractivity (Wildman–Crippen MR) is 77.9 cm³/mol. The van der Waals surface area contributed by atoms with Gasteiger partial charge in [0.2, 0.25) is 0 Å². The average molecular weight is 302 g/mol. The third-order valence-corrected chi connectivity index (χ3v) is 4.07. The van der Waals surface area contributed by atoms with Gasteiger partial charge in [0.15, 0.2) is 0 Å². The van der Waals surface area contributed by atoms with Crippen molar-refractivity contribution >= 4 is 27.5 Å². The maximum atomic E-state index is 13.3. The summed E-state index contributed by atoms with van der Waals surface area (Å²) in [5.41, 5.74) is 1.10. The average Bonchev–Trinajstić information content (AvgIpc) is 2.93. The smallest absolute Gasteiger partial charge is 0.312 e. The number of carboxylic acids is 1. The van der Waals surface area contributed by atoms with Gasteiger partial charge in [-0.2, -0.15) is 0 Å². The Morgan fingerprint density at radius 1 is 1.33 bits per heavy atom. The molecule has 0 aliphatic carbocycles. The summed E-state index contributed by atoms with van der Waals surface area (Å²) in [7, 11) is 0. The van der Waals surface area contributed by atoms with Gasteiger partial charge in [0.1, 0.15) is 22.9 Å². The molecule has 0 aliphatic rings. The van der Waals surface area contributed by atoms with Crippen LogP contribution in [0.25, 0.3) is 10.2 Å². The Balaban J connectivity index is 2.02. The van der Waals surface area contributed by atoms with Crippen molar-refractivity contribution in [2.24, 2.45) is 0 Å². The monoisotopic (exact) mass is 302 g/mol. The Morgan fingerprint density at radius 2 is 2.19 bits per heavy atom. The Morgan fingerprint density at radius 3 is 2.95 bits per heavy atom. The Bertz CT molecular complexity index is 803. The number of fused-ring (bicyclic) bond motifs is 1. The van der Waals surface area contributed by atoms with Crippen LogP contribution in [0.5, 0.6) is 0 Å². The highest BCUT2D eigenvalue weighted by Gasteiger charge is 2.24. The fraction of sp³-hybridized carbons (Fsp3) is 0.133. The number of hydrogen-bond donors (Lipinski definition) is 1. The summed E-state index contributed by atoms with van der Waals surface area (Å²) in [4.78, 5) is 20.6. The maximum Gasteiger partial charge on any atom is 0.312 e. The molecule has 1 aromatic carbocycles. The summed E-state index contributed by atoms with van der Waals surface area (Å²) < 4.78 is 13.3. The lowest BCUT2D eigenvalue weighted by Crippen LogP contribution is -2.16. The highest BCUT2D eigenvalue weighted by Crippen LogP contribution is 2.28. The molecule has 0 spiro atoms. The summed E-state index contributed by atoms with van der Waals surface area (Å²) in [5, 5.41) is 12.1. The lowest BCUT2D eigenvalue weighted by molar-refractivity contribution is -0.138. The molecule has 0 amide bonds. The lowest BCUT2D eigenvalue weighted by atomic mass is 9.94. The zero-order chi connectivity index (χ0) is 14.8. The van der Waals surface area contributed by atoms with E-state index in [-0.39, 0.29) is 12.2 Å². The van der Waals surface area contributed by atoms with Gasteiger partial charge in [0, 0.05) is 5.39 Å². The van der Waals surface area contributed by atoms with Gasteiger partial charge in [-0.25, -0.2) is 14.4 Å². The highest BCUT2D eigenvalue weighted by molar-refractivity contribution is 7.16. The maximum absolute atomic E-state index is 13.3. The molecule has 0 aliphatic heterocycles.